The lowest BCUT2D eigenvalue weighted by Crippen LogP contribution is -2.53. The van der Waals surface area contributed by atoms with Gasteiger partial charge < -0.3 is 20.1 Å². The molecule has 7 nitrogen and oxygen atoms in total. The molecule has 0 spiro atoms. The van der Waals surface area contributed by atoms with Gasteiger partial charge in [-0.25, -0.2) is 9.59 Å². The minimum atomic E-state index is -1.05. The van der Waals surface area contributed by atoms with Crippen LogP contribution in [-0.4, -0.2) is 53.8 Å². The van der Waals surface area contributed by atoms with Crippen LogP contribution in [-0.2, 0) is 9.53 Å². The summed E-state index contributed by atoms with van der Waals surface area (Å²) in [7, 11) is 0. The van der Waals surface area contributed by atoms with Crippen molar-refractivity contribution < 1.29 is 19.4 Å². The third kappa shape index (κ3) is 4.75. The second-order valence-corrected chi connectivity index (χ2v) is 4.90. The minimum Gasteiger partial charge on any atom is -0.480 e. The number of ether oxygens (including phenoxy) is 1. The lowest BCUT2D eigenvalue weighted by molar-refractivity contribution is -0.139. The van der Waals surface area contributed by atoms with Crippen molar-refractivity contribution in [3.63, 3.8) is 0 Å². The molecule has 0 aromatic rings. The number of nitrogens with zero attached hydrogens (tertiary/aromatic N) is 2. The SMILES string of the molecule is CC(C)C[C@@H](NC(=O)N1CCOC(C#N)C1)C(=O)O. The number of carboxylic acid groups (broad SMARTS) is 1. The van der Waals surface area contributed by atoms with Gasteiger partial charge in [0, 0.05) is 6.54 Å². The number of urea groups is 1. The molecule has 19 heavy (non-hydrogen) atoms. The number of nitriles is 1. The van der Waals surface area contributed by atoms with E-state index in [9.17, 15) is 9.59 Å². The van der Waals surface area contributed by atoms with Crippen LogP contribution in [0, 0.1) is 17.2 Å². The maximum Gasteiger partial charge on any atom is 0.326 e. The Kier molecular flexibility index (Phi) is 5.57. The summed E-state index contributed by atoms with van der Waals surface area (Å²) in [6, 6.07) is 0.569. The molecule has 1 aliphatic heterocycles. The Labute approximate surface area is 112 Å². The molecule has 0 aliphatic carbocycles. The van der Waals surface area contributed by atoms with Gasteiger partial charge in [0.1, 0.15) is 6.04 Å². The molecule has 2 amide bonds. The van der Waals surface area contributed by atoms with E-state index < -0.39 is 24.1 Å². The monoisotopic (exact) mass is 269 g/mol. The first-order chi connectivity index (χ1) is 8.93. The molecule has 2 atom stereocenters. The van der Waals surface area contributed by atoms with Crippen LogP contribution in [0.25, 0.3) is 0 Å². The molecule has 2 N–H and O–H groups in total. The summed E-state index contributed by atoms with van der Waals surface area (Å²) in [6.45, 7) is 4.59. The zero-order valence-corrected chi connectivity index (χ0v) is 11.1. The highest BCUT2D eigenvalue weighted by Gasteiger charge is 2.27. The molecule has 0 saturated carbocycles. The third-order valence-corrected chi connectivity index (χ3v) is 2.80. The molecule has 7 heteroatoms. The van der Waals surface area contributed by atoms with Crippen molar-refractivity contribution in [2.24, 2.45) is 5.92 Å². The van der Waals surface area contributed by atoms with Gasteiger partial charge in [-0.05, 0) is 12.3 Å². The van der Waals surface area contributed by atoms with Crippen molar-refractivity contribution in [1.82, 2.24) is 10.2 Å². The Hall–Kier alpha value is -1.81. The molecule has 0 bridgehead atoms. The van der Waals surface area contributed by atoms with Gasteiger partial charge in [0.2, 0.25) is 0 Å². The number of carboxylic acids is 1. The van der Waals surface area contributed by atoms with Crippen LogP contribution in [0.1, 0.15) is 20.3 Å². The number of morpholine rings is 1. The van der Waals surface area contributed by atoms with E-state index in [-0.39, 0.29) is 19.1 Å². The lowest BCUT2D eigenvalue weighted by Gasteiger charge is -2.31. The van der Waals surface area contributed by atoms with Gasteiger partial charge in [-0.2, -0.15) is 5.26 Å². The van der Waals surface area contributed by atoms with E-state index in [1.165, 1.54) is 4.90 Å². The third-order valence-electron chi connectivity index (χ3n) is 2.80. The zero-order valence-electron chi connectivity index (χ0n) is 11.1. The minimum absolute atomic E-state index is 0.163. The first kappa shape index (κ1) is 15.2. The van der Waals surface area contributed by atoms with Crippen LogP contribution in [0.3, 0.4) is 0 Å². The molecule has 106 valence electrons. The molecule has 0 aromatic heterocycles. The average Bonchev–Trinajstić information content (AvgIpc) is 2.37. The van der Waals surface area contributed by atoms with E-state index in [0.29, 0.717) is 13.0 Å². The van der Waals surface area contributed by atoms with Crippen molar-refractivity contribution in [3.8, 4) is 6.07 Å². The van der Waals surface area contributed by atoms with Crippen molar-refractivity contribution in [2.75, 3.05) is 19.7 Å². The Morgan fingerprint density at radius 3 is 2.79 bits per heavy atom. The Morgan fingerprint density at radius 1 is 1.58 bits per heavy atom. The molecule has 1 heterocycles. The number of nitrogens with one attached hydrogen (secondary N) is 1. The Balaban J connectivity index is 2.56. The van der Waals surface area contributed by atoms with Crippen molar-refractivity contribution in [1.29, 1.82) is 5.26 Å². The van der Waals surface area contributed by atoms with E-state index in [4.69, 9.17) is 15.1 Å². The van der Waals surface area contributed by atoms with Gasteiger partial charge in [0.05, 0.1) is 19.2 Å². The number of hydrogen-bond acceptors (Lipinski definition) is 4. The molecule has 0 aromatic carbocycles. The van der Waals surface area contributed by atoms with Gasteiger partial charge in [-0.15, -0.1) is 0 Å². The van der Waals surface area contributed by atoms with Crippen LogP contribution in [0.15, 0.2) is 0 Å². The Bertz CT molecular complexity index is 378. The summed E-state index contributed by atoms with van der Waals surface area (Å²) in [5.41, 5.74) is 0. The number of hydrogen-bond donors (Lipinski definition) is 2. The van der Waals surface area contributed by atoms with Gasteiger partial charge in [0.15, 0.2) is 6.10 Å². The van der Waals surface area contributed by atoms with Crippen molar-refractivity contribution >= 4 is 12.0 Å². The summed E-state index contributed by atoms with van der Waals surface area (Å²) < 4.78 is 5.13. The molecule has 1 aliphatic rings. The van der Waals surface area contributed by atoms with E-state index in [2.05, 4.69) is 5.32 Å². The maximum absolute atomic E-state index is 11.9. The van der Waals surface area contributed by atoms with Crippen LogP contribution in [0.4, 0.5) is 4.79 Å². The number of carbonyl (C=O) groups is 2. The first-order valence-electron chi connectivity index (χ1n) is 6.23. The number of amides is 2. The van der Waals surface area contributed by atoms with E-state index in [1.807, 2.05) is 19.9 Å². The van der Waals surface area contributed by atoms with Crippen LogP contribution in [0.2, 0.25) is 0 Å². The molecule has 1 fully saturated rings. The highest BCUT2D eigenvalue weighted by atomic mass is 16.5. The number of aliphatic carboxylic acids is 1. The topological polar surface area (TPSA) is 103 Å². The fraction of sp³-hybridized carbons (Fsp3) is 0.750. The predicted octanol–water partition coefficient (Wildman–Crippen LogP) is 0.420. The molecular formula is C12H19N3O4. The van der Waals surface area contributed by atoms with Gasteiger partial charge in [0.25, 0.3) is 0 Å². The highest BCUT2D eigenvalue weighted by molar-refractivity contribution is 5.82. The summed E-state index contributed by atoms with van der Waals surface area (Å²) in [6.07, 6.45) is -0.277. The zero-order chi connectivity index (χ0) is 14.4. The first-order valence-corrected chi connectivity index (χ1v) is 6.23. The Morgan fingerprint density at radius 2 is 2.26 bits per heavy atom. The fourth-order valence-corrected chi connectivity index (χ4v) is 1.85. The second kappa shape index (κ2) is 6.95. The standard InChI is InChI=1S/C12H19N3O4/c1-8(2)5-10(11(16)17)14-12(18)15-3-4-19-9(6-13)7-15/h8-10H,3-5,7H2,1-2H3,(H,14,18)(H,16,17)/t9?,10-/m1/s1. The van der Waals surface area contributed by atoms with E-state index >= 15 is 0 Å². The molecule has 1 unspecified atom stereocenters. The predicted molar refractivity (Wildman–Crippen MR) is 66.3 cm³/mol. The second-order valence-electron chi connectivity index (χ2n) is 4.90. The van der Waals surface area contributed by atoms with Gasteiger partial charge in [-0.3, -0.25) is 0 Å². The van der Waals surface area contributed by atoms with Crippen LogP contribution >= 0.6 is 0 Å². The van der Waals surface area contributed by atoms with E-state index in [1.54, 1.807) is 0 Å². The molecule has 0 radical (unpaired) electrons. The van der Waals surface area contributed by atoms with E-state index in [0.717, 1.165) is 0 Å². The van der Waals surface area contributed by atoms with Gasteiger partial charge >= 0.3 is 12.0 Å². The smallest absolute Gasteiger partial charge is 0.326 e. The lowest BCUT2D eigenvalue weighted by atomic mass is 10.0. The van der Waals surface area contributed by atoms with Crippen molar-refractivity contribution in [3.05, 3.63) is 0 Å². The molecule has 1 saturated heterocycles. The number of carbonyl (C=O) groups excluding carboxylic acids is 1. The van der Waals surface area contributed by atoms with Gasteiger partial charge in [-0.1, -0.05) is 13.8 Å². The number of rotatable bonds is 4. The molecule has 1 rings (SSSR count). The highest BCUT2D eigenvalue weighted by Crippen LogP contribution is 2.08. The van der Waals surface area contributed by atoms with Crippen LogP contribution < -0.4 is 5.32 Å². The summed E-state index contributed by atoms with van der Waals surface area (Å²) in [5, 5.41) is 20.3. The quantitative estimate of drug-likeness (QED) is 0.770. The summed E-state index contributed by atoms with van der Waals surface area (Å²) in [4.78, 5) is 24.4. The summed E-state index contributed by atoms with van der Waals surface area (Å²) >= 11 is 0. The largest absolute Gasteiger partial charge is 0.480 e. The summed E-state index contributed by atoms with van der Waals surface area (Å²) in [5.74, 6) is -0.884. The average molecular weight is 269 g/mol. The fourth-order valence-electron chi connectivity index (χ4n) is 1.85. The normalized spacial score (nSPS) is 20.7. The molecular weight excluding hydrogens is 250 g/mol. The maximum atomic E-state index is 11.9. The van der Waals surface area contributed by atoms with Crippen LogP contribution in [0.5, 0.6) is 0 Å². The van der Waals surface area contributed by atoms with Crippen molar-refractivity contribution in [2.45, 2.75) is 32.4 Å².